The van der Waals surface area contributed by atoms with Gasteiger partial charge in [0.05, 0.1) is 0 Å². The van der Waals surface area contributed by atoms with Crippen molar-refractivity contribution in [3.63, 3.8) is 0 Å². The molecule has 2 N–H and O–H groups in total. The molecule has 0 atom stereocenters. The van der Waals surface area contributed by atoms with Gasteiger partial charge in [-0.25, -0.2) is 4.98 Å². The monoisotopic (exact) mass is 233 g/mol. The maximum absolute atomic E-state index is 11.5. The van der Waals surface area contributed by atoms with E-state index in [-0.39, 0.29) is 15.9 Å². The van der Waals surface area contributed by atoms with E-state index < -0.39 is 10.0 Å². The Bertz CT molecular complexity index is 466. The summed E-state index contributed by atoms with van der Waals surface area (Å²) in [5, 5.41) is -0.113. The smallest absolute Gasteiger partial charge is 0.286 e. The molecule has 5 nitrogen and oxygen atoms in total. The van der Waals surface area contributed by atoms with Gasteiger partial charge in [-0.1, -0.05) is 11.6 Å². The first-order chi connectivity index (χ1) is 6.43. The minimum atomic E-state index is -3.82. The van der Waals surface area contributed by atoms with Crippen molar-refractivity contribution in [3.05, 3.63) is 23.5 Å². The second-order valence-electron chi connectivity index (χ2n) is 2.50. The Kier molecular flexibility index (Phi) is 3.07. The molecule has 0 aliphatic rings. The molecular weight excluding hydrogens is 226 g/mol. The lowest BCUT2D eigenvalue weighted by Crippen LogP contribution is -2.10. The van der Waals surface area contributed by atoms with Crippen LogP contribution in [0.1, 0.15) is 6.92 Å². The molecule has 0 unspecified atom stereocenters. The third-order valence-electron chi connectivity index (χ3n) is 1.27. The number of aromatic nitrogens is 1. The zero-order valence-corrected chi connectivity index (χ0v) is 8.88. The first-order valence-electron chi connectivity index (χ1n) is 3.61. The van der Waals surface area contributed by atoms with Gasteiger partial charge in [-0.15, -0.1) is 4.40 Å². The van der Waals surface area contributed by atoms with Crippen LogP contribution in [0.2, 0.25) is 5.15 Å². The molecule has 0 fully saturated rings. The Morgan fingerprint density at radius 2 is 2.29 bits per heavy atom. The second-order valence-corrected chi connectivity index (χ2v) is 4.43. The lowest BCUT2D eigenvalue weighted by atomic mass is 10.5. The second kappa shape index (κ2) is 3.93. The Balaban J connectivity index is 3.32. The van der Waals surface area contributed by atoms with Gasteiger partial charge in [0.2, 0.25) is 0 Å². The molecule has 0 saturated heterocycles. The number of pyridine rings is 1. The van der Waals surface area contributed by atoms with Gasteiger partial charge >= 0.3 is 0 Å². The Morgan fingerprint density at radius 1 is 1.64 bits per heavy atom. The summed E-state index contributed by atoms with van der Waals surface area (Å²) in [6.45, 7) is 1.38. The molecular formula is C7H8ClN3O2S. The number of hydrogen-bond acceptors (Lipinski definition) is 3. The van der Waals surface area contributed by atoms with Crippen LogP contribution >= 0.6 is 11.6 Å². The van der Waals surface area contributed by atoms with E-state index in [2.05, 4.69) is 9.38 Å². The van der Waals surface area contributed by atoms with Crippen LogP contribution in [0.15, 0.2) is 27.6 Å². The average Bonchev–Trinajstić information content (AvgIpc) is 2.02. The standard InChI is InChI=1S/C7H8ClN3O2S/c1-5(9)11-14(12,13)6-3-2-4-10-7(6)8/h2-4H,1H3,(H2,9,11). The zero-order chi connectivity index (χ0) is 10.8. The minimum absolute atomic E-state index is 0.0510. The maximum atomic E-state index is 11.5. The summed E-state index contributed by atoms with van der Waals surface area (Å²) < 4.78 is 26.2. The number of sulfonamides is 1. The van der Waals surface area contributed by atoms with E-state index in [1.807, 2.05) is 0 Å². The molecule has 14 heavy (non-hydrogen) atoms. The fourth-order valence-electron chi connectivity index (χ4n) is 0.802. The molecule has 0 aromatic carbocycles. The normalized spacial score (nSPS) is 12.9. The minimum Gasteiger partial charge on any atom is -0.387 e. The molecule has 0 spiro atoms. The lowest BCUT2D eigenvalue weighted by molar-refractivity contribution is 0.597. The van der Waals surface area contributed by atoms with Gasteiger partial charge in [-0.2, -0.15) is 8.42 Å². The number of halogens is 1. The highest BCUT2D eigenvalue weighted by Gasteiger charge is 2.16. The van der Waals surface area contributed by atoms with E-state index in [0.717, 1.165) is 0 Å². The molecule has 1 aromatic heterocycles. The van der Waals surface area contributed by atoms with Crippen LogP contribution in [0.25, 0.3) is 0 Å². The quantitative estimate of drug-likeness (QED) is 0.465. The van der Waals surface area contributed by atoms with Gasteiger partial charge in [0.25, 0.3) is 10.0 Å². The van der Waals surface area contributed by atoms with Gasteiger partial charge in [0.1, 0.15) is 15.9 Å². The molecule has 0 aliphatic heterocycles. The zero-order valence-electron chi connectivity index (χ0n) is 7.31. The highest BCUT2D eigenvalue weighted by Crippen LogP contribution is 2.19. The number of amidine groups is 1. The van der Waals surface area contributed by atoms with E-state index in [1.54, 1.807) is 0 Å². The summed E-state index contributed by atoms with van der Waals surface area (Å²) in [7, 11) is -3.82. The van der Waals surface area contributed by atoms with Crippen molar-refractivity contribution < 1.29 is 8.42 Å². The lowest BCUT2D eigenvalue weighted by Gasteiger charge is -2.00. The summed E-state index contributed by atoms with van der Waals surface area (Å²) in [6, 6.07) is 2.78. The van der Waals surface area contributed by atoms with Gasteiger partial charge in [-0.3, -0.25) is 0 Å². The molecule has 7 heteroatoms. The molecule has 1 aromatic rings. The molecule has 0 bridgehead atoms. The average molecular weight is 234 g/mol. The highest BCUT2D eigenvalue weighted by molar-refractivity contribution is 7.90. The fraction of sp³-hybridized carbons (Fsp3) is 0.143. The largest absolute Gasteiger partial charge is 0.387 e. The summed E-state index contributed by atoms with van der Waals surface area (Å²) in [5.74, 6) is -0.0510. The maximum Gasteiger partial charge on any atom is 0.286 e. The first-order valence-corrected chi connectivity index (χ1v) is 5.43. The van der Waals surface area contributed by atoms with E-state index in [0.29, 0.717) is 0 Å². The highest BCUT2D eigenvalue weighted by atomic mass is 35.5. The fourth-order valence-corrected chi connectivity index (χ4v) is 2.21. The van der Waals surface area contributed by atoms with E-state index in [1.165, 1.54) is 25.3 Å². The van der Waals surface area contributed by atoms with Crippen LogP contribution in [0.4, 0.5) is 0 Å². The number of rotatable bonds is 2. The molecule has 76 valence electrons. The predicted octanol–water partition coefficient (Wildman–Crippen LogP) is 0.801. The molecule has 1 heterocycles. The van der Waals surface area contributed by atoms with Crippen molar-refractivity contribution in [3.8, 4) is 0 Å². The van der Waals surface area contributed by atoms with Crippen LogP contribution in [0.5, 0.6) is 0 Å². The van der Waals surface area contributed by atoms with Gasteiger partial charge in [0.15, 0.2) is 0 Å². The summed E-state index contributed by atoms with van der Waals surface area (Å²) in [6.07, 6.45) is 1.39. The third-order valence-corrected chi connectivity index (χ3v) is 3.09. The van der Waals surface area contributed by atoms with Crippen molar-refractivity contribution in [1.82, 2.24) is 4.98 Å². The Hall–Kier alpha value is -1.14. The number of nitrogens with two attached hydrogens (primary N) is 1. The van der Waals surface area contributed by atoms with Crippen LogP contribution in [-0.2, 0) is 10.0 Å². The van der Waals surface area contributed by atoms with E-state index in [4.69, 9.17) is 17.3 Å². The van der Waals surface area contributed by atoms with Crippen LogP contribution in [0, 0.1) is 0 Å². The predicted molar refractivity (Wildman–Crippen MR) is 53.7 cm³/mol. The third kappa shape index (κ3) is 2.43. The van der Waals surface area contributed by atoms with Crippen molar-refractivity contribution in [2.45, 2.75) is 11.8 Å². The number of hydrogen-bond donors (Lipinski definition) is 1. The summed E-state index contributed by atoms with van der Waals surface area (Å²) in [4.78, 5) is 3.48. The topological polar surface area (TPSA) is 85.4 Å². The van der Waals surface area contributed by atoms with Crippen LogP contribution in [0.3, 0.4) is 0 Å². The summed E-state index contributed by atoms with van der Waals surface area (Å²) in [5.41, 5.74) is 5.17. The van der Waals surface area contributed by atoms with Crippen molar-refractivity contribution >= 4 is 27.5 Å². The SMILES string of the molecule is C/C(N)=N/S(=O)(=O)c1cccnc1Cl. The van der Waals surface area contributed by atoms with Gasteiger partial charge in [0, 0.05) is 6.20 Å². The van der Waals surface area contributed by atoms with Crippen molar-refractivity contribution in [2.75, 3.05) is 0 Å². The molecule has 0 amide bonds. The van der Waals surface area contributed by atoms with Crippen LogP contribution < -0.4 is 5.73 Å². The van der Waals surface area contributed by atoms with Gasteiger partial charge in [-0.05, 0) is 19.1 Å². The first kappa shape index (κ1) is 10.9. The van der Waals surface area contributed by atoms with E-state index in [9.17, 15) is 8.42 Å². The Labute approximate surface area is 86.7 Å². The van der Waals surface area contributed by atoms with Crippen molar-refractivity contribution in [1.29, 1.82) is 0 Å². The van der Waals surface area contributed by atoms with Gasteiger partial charge < -0.3 is 5.73 Å². The Morgan fingerprint density at radius 3 is 2.79 bits per heavy atom. The molecule has 0 aliphatic carbocycles. The van der Waals surface area contributed by atoms with Crippen molar-refractivity contribution in [2.24, 2.45) is 10.1 Å². The van der Waals surface area contributed by atoms with Crippen LogP contribution in [-0.4, -0.2) is 19.2 Å². The van der Waals surface area contributed by atoms with E-state index >= 15 is 0 Å². The summed E-state index contributed by atoms with van der Waals surface area (Å²) >= 11 is 5.59. The molecule has 1 rings (SSSR count). The molecule has 0 radical (unpaired) electrons. The molecule has 0 saturated carbocycles. The number of nitrogens with zero attached hydrogens (tertiary/aromatic N) is 2.